The number of nitrogens with one attached hydrogen (secondary N) is 1. The van der Waals surface area contributed by atoms with Gasteiger partial charge in [0.15, 0.2) is 0 Å². The van der Waals surface area contributed by atoms with Gasteiger partial charge in [-0.25, -0.2) is 14.6 Å². The van der Waals surface area contributed by atoms with Crippen molar-refractivity contribution in [3.8, 4) is 5.69 Å². The number of hydrogen-bond donors (Lipinski definition) is 2. The molecule has 1 atom stereocenters. The first kappa shape index (κ1) is 17.4. The highest BCUT2D eigenvalue weighted by molar-refractivity contribution is 5.89. The van der Waals surface area contributed by atoms with E-state index in [1.165, 1.54) is 6.07 Å². The Morgan fingerprint density at radius 3 is 2.74 bits per heavy atom. The molecule has 0 radical (unpaired) electrons. The molecule has 0 spiro atoms. The van der Waals surface area contributed by atoms with Crippen molar-refractivity contribution in [2.75, 3.05) is 0 Å². The summed E-state index contributed by atoms with van der Waals surface area (Å²) >= 11 is 0. The topological polar surface area (TPSA) is 67.2 Å². The maximum Gasteiger partial charge on any atom is 0.254 e. The van der Waals surface area contributed by atoms with Crippen LogP contribution in [0.25, 0.3) is 5.69 Å². The van der Waals surface area contributed by atoms with E-state index in [0.29, 0.717) is 24.0 Å². The van der Waals surface area contributed by atoms with Gasteiger partial charge < -0.3 is 0 Å². The van der Waals surface area contributed by atoms with Crippen LogP contribution < -0.4 is 5.48 Å². The lowest BCUT2D eigenvalue weighted by Gasteiger charge is -2.29. The molecule has 6 heteroatoms. The third-order valence-electron chi connectivity index (χ3n) is 5.48. The van der Waals surface area contributed by atoms with Crippen molar-refractivity contribution in [2.45, 2.75) is 32.1 Å². The number of fused-ring (bicyclic) bond motifs is 1. The van der Waals surface area contributed by atoms with Gasteiger partial charge in [-0.15, -0.1) is 0 Å². The van der Waals surface area contributed by atoms with Gasteiger partial charge in [-0.3, -0.25) is 10.0 Å². The summed E-state index contributed by atoms with van der Waals surface area (Å²) in [6.45, 7) is 3.67. The molecule has 0 unspecified atom stereocenters. The first-order valence-corrected chi connectivity index (χ1v) is 8.79. The van der Waals surface area contributed by atoms with Crippen LogP contribution in [0.4, 0.5) is 4.39 Å². The zero-order chi connectivity index (χ0) is 19.2. The van der Waals surface area contributed by atoms with Crippen molar-refractivity contribution in [3.05, 3.63) is 82.4 Å². The Balaban J connectivity index is 1.85. The fraction of sp³-hybridized carbons (Fsp3) is 0.238. The number of nitrogens with zero attached hydrogens (tertiary/aromatic N) is 2. The molecular weight excluding hydrogens is 345 g/mol. The molecule has 5 nitrogen and oxygen atoms in total. The standard InChI is InChI=1S/C21H20FN3O2/c1-13-5-3-6-16(9-13)25-19-11-21(20(26)24-27,10-15(19)12-23-25)17-7-4-8-18(22)14(17)2/h3-9,12,27H,10-11H2,1-2H3,(H,24,26)/t21-/m0/s1. The first-order chi connectivity index (χ1) is 13.0. The fourth-order valence-electron chi connectivity index (χ4n) is 4.11. The number of aromatic nitrogens is 2. The van der Waals surface area contributed by atoms with Crippen LogP contribution in [0.1, 0.15) is 27.9 Å². The highest BCUT2D eigenvalue weighted by atomic mass is 19.1. The van der Waals surface area contributed by atoms with Crippen LogP contribution in [0.15, 0.2) is 48.7 Å². The quantitative estimate of drug-likeness (QED) is 0.553. The van der Waals surface area contributed by atoms with Crippen LogP contribution in [0.2, 0.25) is 0 Å². The van der Waals surface area contributed by atoms with Gasteiger partial charge in [-0.05, 0) is 60.7 Å². The highest BCUT2D eigenvalue weighted by Crippen LogP contribution is 2.42. The van der Waals surface area contributed by atoms with Crippen molar-refractivity contribution in [3.63, 3.8) is 0 Å². The Hall–Kier alpha value is -2.99. The maximum atomic E-state index is 14.2. The number of hydroxylamine groups is 1. The molecule has 138 valence electrons. The molecule has 4 rings (SSSR count). The summed E-state index contributed by atoms with van der Waals surface area (Å²) in [5.74, 6) is -0.905. The third-order valence-corrected chi connectivity index (χ3v) is 5.48. The van der Waals surface area contributed by atoms with Crippen molar-refractivity contribution < 1.29 is 14.4 Å². The number of aryl methyl sites for hydroxylation is 1. The van der Waals surface area contributed by atoms with Gasteiger partial charge in [-0.2, -0.15) is 5.10 Å². The zero-order valence-electron chi connectivity index (χ0n) is 15.2. The first-order valence-electron chi connectivity index (χ1n) is 8.79. The van der Waals surface area contributed by atoms with Crippen molar-refractivity contribution in [1.82, 2.24) is 15.3 Å². The molecule has 27 heavy (non-hydrogen) atoms. The molecule has 1 aliphatic rings. The minimum absolute atomic E-state index is 0.326. The molecule has 1 heterocycles. The number of carbonyl (C=O) groups is 1. The number of carbonyl (C=O) groups excluding carboxylic acids is 1. The van der Waals surface area contributed by atoms with Gasteiger partial charge in [0.2, 0.25) is 0 Å². The Labute approximate surface area is 156 Å². The normalized spacial score (nSPS) is 18.4. The Morgan fingerprint density at radius 1 is 1.22 bits per heavy atom. The Kier molecular flexibility index (Phi) is 4.08. The lowest BCUT2D eigenvalue weighted by molar-refractivity contribution is -0.135. The summed E-state index contributed by atoms with van der Waals surface area (Å²) in [7, 11) is 0. The smallest absolute Gasteiger partial charge is 0.254 e. The molecule has 1 aromatic heterocycles. The second-order valence-electron chi connectivity index (χ2n) is 7.16. The van der Waals surface area contributed by atoms with E-state index in [4.69, 9.17) is 0 Å². The van der Waals surface area contributed by atoms with Gasteiger partial charge in [0.25, 0.3) is 5.91 Å². The van der Waals surface area contributed by atoms with Crippen LogP contribution >= 0.6 is 0 Å². The molecule has 0 bridgehead atoms. The molecular formula is C21H20FN3O2. The van der Waals surface area contributed by atoms with Gasteiger partial charge in [0.05, 0.1) is 17.3 Å². The predicted molar refractivity (Wildman–Crippen MR) is 98.5 cm³/mol. The fourth-order valence-corrected chi connectivity index (χ4v) is 4.11. The molecule has 2 aromatic carbocycles. The summed E-state index contributed by atoms with van der Waals surface area (Å²) in [4.78, 5) is 12.8. The van der Waals surface area contributed by atoms with E-state index in [-0.39, 0.29) is 5.82 Å². The SMILES string of the molecule is Cc1cccc(-n2ncc3c2C[C@](C(=O)NO)(c2cccc(F)c2C)C3)c1. The minimum atomic E-state index is -1.07. The Morgan fingerprint density at radius 2 is 2.00 bits per heavy atom. The third kappa shape index (κ3) is 2.64. The van der Waals surface area contributed by atoms with Crippen LogP contribution in [0.3, 0.4) is 0 Å². The number of halogens is 1. The number of hydrogen-bond acceptors (Lipinski definition) is 3. The van der Waals surface area contributed by atoms with E-state index in [2.05, 4.69) is 5.10 Å². The van der Waals surface area contributed by atoms with E-state index < -0.39 is 11.3 Å². The second kappa shape index (κ2) is 6.32. The monoisotopic (exact) mass is 365 g/mol. The summed E-state index contributed by atoms with van der Waals surface area (Å²) < 4.78 is 16.0. The largest absolute Gasteiger partial charge is 0.289 e. The number of amides is 1. The van der Waals surface area contributed by atoms with Crippen LogP contribution in [-0.2, 0) is 23.1 Å². The van der Waals surface area contributed by atoms with Gasteiger partial charge in [-0.1, -0.05) is 24.3 Å². The summed E-state index contributed by atoms with van der Waals surface area (Å²) in [5, 5.41) is 13.9. The maximum absolute atomic E-state index is 14.2. The second-order valence-corrected chi connectivity index (χ2v) is 7.16. The molecule has 0 fully saturated rings. The zero-order valence-corrected chi connectivity index (χ0v) is 15.2. The number of benzene rings is 2. The van der Waals surface area contributed by atoms with Crippen molar-refractivity contribution in [2.24, 2.45) is 0 Å². The van der Waals surface area contributed by atoms with Crippen molar-refractivity contribution >= 4 is 5.91 Å². The van der Waals surface area contributed by atoms with Crippen LogP contribution in [-0.4, -0.2) is 20.9 Å². The lowest BCUT2D eigenvalue weighted by atomic mass is 9.75. The van der Waals surface area contributed by atoms with Gasteiger partial charge in [0, 0.05) is 12.1 Å². The molecule has 0 saturated carbocycles. The van der Waals surface area contributed by atoms with Gasteiger partial charge >= 0.3 is 0 Å². The van der Waals surface area contributed by atoms with E-state index in [0.717, 1.165) is 22.5 Å². The molecule has 2 N–H and O–H groups in total. The summed E-state index contributed by atoms with van der Waals surface area (Å²) in [5.41, 5.74) is 5.56. The molecule has 3 aromatic rings. The molecule has 0 saturated heterocycles. The number of rotatable bonds is 3. The lowest BCUT2D eigenvalue weighted by Crippen LogP contribution is -2.45. The van der Waals surface area contributed by atoms with Crippen LogP contribution in [0, 0.1) is 19.7 Å². The summed E-state index contributed by atoms with van der Waals surface area (Å²) in [6, 6.07) is 12.7. The van der Waals surface area contributed by atoms with E-state index in [9.17, 15) is 14.4 Å². The average molecular weight is 365 g/mol. The van der Waals surface area contributed by atoms with Gasteiger partial charge in [0.1, 0.15) is 5.82 Å². The highest BCUT2D eigenvalue weighted by Gasteiger charge is 2.48. The molecule has 1 amide bonds. The van der Waals surface area contributed by atoms with E-state index >= 15 is 0 Å². The van der Waals surface area contributed by atoms with E-state index in [1.807, 2.05) is 35.9 Å². The van der Waals surface area contributed by atoms with Crippen molar-refractivity contribution in [1.29, 1.82) is 0 Å². The van der Waals surface area contributed by atoms with Crippen LogP contribution in [0.5, 0.6) is 0 Å². The molecule has 1 aliphatic carbocycles. The minimum Gasteiger partial charge on any atom is -0.289 e. The van der Waals surface area contributed by atoms with E-state index in [1.54, 1.807) is 30.7 Å². The Bertz CT molecular complexity index is 1040. The predicted octanol–water partition coefficient (Wildman–Crippen LogP) is 3.17. The average Bonchev–Trinajstić information content (AvgIpc) is 3.21. The summed E-state index contributed by atoms with van der Waals surface area (Å²) in [6.07, 6.45) is 2.43. The molecule has 0 aliphatic heterocycles.